The Morgan fingerprint density at radius 2 is 2.06 bits per heavy atom. The first-order valence-electron chi connectivity index (χ1n) is 4.74. The number of thiophene rings is 1. The SMILES string of the molecule is COc1cc2scc(C(=O)O)c2cc1C(F)(F)F. The van der Waals surface area contributed by atoms with Crippen LogP contribution in [0.2, 0.25) is 0 Å². The highest BCUT2D eigenvalue weighted by molar-refractivity contribution is 7.17. The van der Waals surface area contributed by atoms with Crippen LogP contribution in [0.3, 0.4) is 0 Å². The normalized spacial score (nSPS) is 11.8. The Labute approximate surface area is 103 Å². The molecule has 0 aliphatic carbocycles. The summed E-state index contributed by atoms with van der Waals surface area (Å²) < 4.78 is 43.5. The number of carboxylic acids is 1. The van der Waals surface area contributed by atoms with Gasteiger partial charge in [-0.25, -0.2) is 4.79 Å². The van der Waals surface area contributed by atoms with Gasteiger partial charge in [0.2, 0.25) is 0 Å². The third-order valence-electron chi connectivity index (χ3n) is 2.43. The van der Waals surface area contributed by atoms with Crippen molar-refractivity contribution >= 4 is 27.4 Å². The van der Waals surface area contributed by atoms with Crippen molar-refractivity contribution < 1.29 is 27.8 Å². The minimum Gasteiger partial charge on any atom is -0.496 e. The van der Waals surface area contributed by atoms with E-state index in [4.69, 9.17) is 5.11 Å². The monoisotopic (exact) mass is 276 g/mol. The van der Waals surface area contributed by atoms with Gasteiger partial charge in [0.1, 0.15) is 5.75 Å². The number of ether oxygens (including phenoxy) is 1. The molecule has 18 heavy (non-hydrogen) atoms. The van der Waals surface area contributed by atoms with Crippen LogP contribution in [-0.2, 0) is 6.18 Å². The molecule has 3 nitrogen and oxygen atoms in total. The molecule has 1 aromatic heterocycles. The standard InChI is InChI=1S/C11H7F3O3S/c1-17-8-3-9-5(2-7(8)11(12,13)14)6(4-18-9)10(15)16/h2-4H,1H3,(H,15,16). The molecule has 0 saturated heterocycles. The molecule has 96 valence electrons. The number of hydrogen-bond acceptors (Lipinski definition) is 3. The molecule has 0 amide bonds. The minimum atomic E-state index is -4.59. The van der Waals surface area contributed by atoms with Gasteiger partial charge >= 0.3 is 12.1 Å². The van der Waals surface area contributed by atoms with Gasteiger partial charge in [0.15, 0.2) is 0 Å². The van der Waals surface area contributed by atoms with Crippen molar-refractivity contribution in [2.45, 2.75) is 6.18 Å². The third kappa shape index (κ3) is 2.01. The van der Waals surface area contributed by atoms with Gasteiger partial charge < -0.3 is 9.84 Å². The maximum atomic E-state index is 12.8. The molecule has 0 aliphatic rings. The zero-order valence-electron chi connectivity index (χ0n) is 9.04. The zero-order chi connectivity index (χ0) is 13.5. The number of carbonyl (C=O) groups is 1. The third-order valence-corrected chi connectivity index (χ3v) is 3.38. The Morgan fingerprint density at radius 1 is 1.39 bits per heavy atom. The van der Waals surface area contributed by atoms with E-state index in [1.165, 1.54) is 11.4 Å². The highest BCUT2D eigenvalue weighted by Crippen LogP contribution is 2.40. The molecule has 1 heterocycles. The van der Waals surface area contributed by atoms with Gasteiger partial charge in [0.05, 0.1) is 18.2 Å². The highest BCUT2D eigenvalue weighted by atomic mass is 32.1. The molecule has 1 N–H and O–H groups in total. The summed E-state index contributed by atoms with van der Waals surface area (Å²) in [6.45, 7) is 0. The lowest BCUT2D eigenvalue weighted by atomic mass is 10.1. The van der Waals surface area contributed by atoms with Crippen LogP contribution in [0.5, 0.6) is 5.75 Å². The fraction of sp³-hybridized carbons (Fsp3) is 0.182. The average Bonchev–Trinajstić information content (AvgIpc) is 2.68. The van der Waals surface area contributed by atoms with E-state index in [-0.39, 0.29) is 16.7 Å². The van der Waals surface area contributed by atoms with Crippen molar-refractivity contribution in [1.29, 1.82) is 0 Å². The molecule has 0 saturated carbocycles. The molecule has 0 radical (unpaired) electrons. The van der Waals surface area contributed by atoms with Crippen LogP contribution in [-0.4, -0.2) is 18.2 Å². The number of methoxy groups -OCH3 is 1. The number of aromatic carboxylic acids is 1. The van der Waals surface area contributed by atoms with E-state index in [2.05, 4.69) is 4.74 Å². The average molecular weight is 276 g/mol. The molecule has 7 heteroatoms. The summed E-state index contributed by atoms with van der Waals surface area (Å²) >= 11 is 1.06. The molecule has 0 bridgehead atoms. The van der Waals surface area contributed by atoms with Gasteiger partial charge in [-0.15, -0.1) is 11.3 Å². The number of alkyl halides is 3. The van der Waals surface area contributed by atoms with Crippen LogP contribution in [0.4, 0.5) is 13.2 Å². The fourth-order valence-electron chi connectivity index (χ4n) is 1.61. The Morgan fingerprint density at radius 3 is 2.56 bits per heavy atom. The maximum Gasteiger partial charge on any atom is 0.419 e. The fourth-order valence-corrected chi connectivity index (χ4v) is 2.55. The Balaban J connectivity index is 2.77. The maximum absolute atomic E-state index is 12.8. The first-order valence-corrected chi connectivity index (χ1v) is 5.62. The Bertz CT molecular complexity index is 616. The molecule has 0 fully saturated rings. The van der Waals surface area contributed by atoms with E-state index in [1.54, 1.807) is 0 Å². The molecule has 0 atom stereocenters. The van der Waals surface area contributed by atoms with E-state index in [0.717, 1.165) is 24.5 Å². The van der Waals surface area contributed by atoms with Crippen LogP contribution in [0, 0.1) is 0 Å². The topological polar surface area (TPSA) is 46.5 Å². The van der Waals surface area contributed by atoms with Crippen molar-refractivity contribution in [3.8, 4) is 5.75 Å². The number of rotatable bonds is 2. The number of hydrogen-bond donors (Lipinski definition) is 1. The van der Waals surface area contributed by atoms with E-state index >= 15 is 0 Å². The summed E-state index contributed by atoms with van der Waals surface area (Å²) in [5.41, 5.74) is -1.11. The molecular weight excluding hydrogens is 269 g/mol. The van der Waals surface area contributed by atoms with Crippen LogP contribution in [0.15, 0.2) is 17.5 Å². The van der Waals surface area contributed by atoms with Crippen molar-refractivity contribution in [2.75, 3.05) is 7.11 Å². The predicted octanol–water partition coefficient (Wildman–Crippen LogP) is 3.63. The highest BCUT2D eigenvalue weighted by Gasteiger charge is 2.35. The quantitative estimate of drug-likeness (QED) is 0.911. The number of fused-ring (bicyclic) bond motifs is 1. The number of carboxylic acid groups (broad SMARTS) is 1. The zero-order valence-corrected chi connectivity index (χ0v) is 9.85. The van der Waals surface area contributed by atoms with Crippen molar-refractivity contribution in [1.82, 2.24) is 0 Å². The van der Waals surface area contributed by atoms with Crippen LogP contribution in [0.1, 0.15) is 15.9 Å². The largest absolute Gasteiger partial charge is 0.496 e. The molecule has 2 rings (SSSR count). The molecular formula is C11H7F3O3S. The summed E-state index contributed by atoms with van der Waals surface area (Å²) in [5.74, 6) is -1.56. The van der Waals surface area contributed by atoms with Gasteiger partial charge in [-0.1, -0.05) is 0 Å². The van der Waals surface area contributed by atoms with Gasteiger partial charge in [0.25, 0.3) is 0 Å². The Kier molecular flexibility index (Phi) is 2.94. The predicted molar refractivity (Wildman–Crippen MR) is 60.3 cm³/mol. The second kappa shape index (κ2) is 4.16. The summed E-state index contributed by atoms with van der Waals surface area (Å²) in [5, 5.41) is 10.3. The molecule has 1 aromatic carbocycles. The lowest BCUT2D eigenvalue weighted by Gasteiger charge is -2.12. The summed E-state index contributed by atoms with van der Waals surface area (Å²) in [6, 6.07) is 2.02. The van der Waals surface area contributed by atoms with Crippen molar-refractivity contribution in [3.05, 3.63) is 28.6 Å². The second-order valence-electron chi connectivity index (χ2n) is 3.50. The van der Waals surface area contributed by atoms with Crippen LogP contribution in [0.25, 0.3) is 10.1 Å². The first-order chi connectivity index (χ1) is 8.34. The molecule has 2 aromatic rings. The van der Waals surface area contributed by atoms with E-state index < -0.39 is 17.7 Å². The van der Waals surface area contributed by atoms with Crippen LogP contribution < -0.4 is 4.74 Å². The van der Waals surface area contributed by atoms with E-state index in [1.807, 2.05) is 0 Å². The van der Waals surface area contributed by atoms with Gasteiger partial charge in [-0.2, -0.15) is 13.2 Å². The minimum absolute atomic E-state index is 0.0700. The smallest absolute Gasteiger partial charge is 0.419 e. The molecule has 0 unspecified atom stereocenters. The van der Waals surface area contributed by atoms with Crippen molar-refractivity contribution in [2.24, 2.45) is 0 Å². The summed E-state index contributed by atoms with van der Waals surface area (Å²) in [6.07, 6.45) is -4.59. The van der Waals surface area contributed by atoms with Crippen LogP contribution >= 0.6 is 11.3 Å². The Hall–Kier alpha value is -1.76. The lowest BCUT2D eigenvalue weighted by molar-refractivity contribution is -0.138. The van der Waals surface area contributed by atoms with Gasteiger partial charge in [-0.05, 0) is 12.1 Å². The molecule has 0 aliphatic heterocycles. The number of benzene rings is 1. The van der Waals surface area contributed by atoms with Gasteiger partial charge in [0, 0.05) is 15.5 Å². The second-order valence-corrected chi connectivity index (χ2v) is 4.41. The van der Waals surface area contributed by atoms with E-state index in [0.29, 0.717) is 4.70 Å². The molecule has 0 spiro atoms. The van der Waals surface area contributed by atoms with Gasteiger partial charge in [-0.3, -0.25) is 0 Å². The first kappa shape index (κ1) is 12.7. The number of halogens is 3. The lowest BCUT2D eigenvalue weighted by Crippen LogP contribution is -2.07. The summed E-state index contributed by atoms with van der Waals surface area (Å²) in [7, 11) is 1.14. The van der Waals surface area contributed by atoms with E-state index in [9.17, 15) is 18.0 Å². The van der Waals surface area contributed by atoms with Crippen molar-refractivity contribution in [3.63, 3.8) is 0 Å². The summed E-state index contributed by atoms with van der Waals surface area (Å²) in [4.78, 5) is 10.9.